The molecule has 0 spiro atoms. The maximum absolute atomic E-state index is 11.7. The van der Waals surface area contributed by atoms with Gasteiger partial charge in [0.2, 0.25) is 5.52 Å². The molecular weight excluding hydrogens is 371 g/mol. The van der Waals surface area contributed by atoms with Gasteiger partial charge >= 0.3 is 13.1 Å². The highest BCUT2D eigenvalue weighted by atomic mass is 31.2. The fourth-order valence-electron chi connectivity index (χ4n) is 2.53. The van der Waals surface area contributed by atoms with E-state index in [1.807, 2.05) is 23.3 Å². The summed E-state index contributed by atoms with van der Waals surface area (Å²) >= 11 is 0. The molecule has 1 aromatic heterocycles. The number of hydrogen-bond donors (Lipinski definition) is 0. The summed E-state index contributed by atoms with van der Waals surface area (Å²) in [5.41, 5.74) is 5.10. The van der Waals surface area contributed by atoms with Gasteiger partial charge in [-0.3, -0.25) is 14.7 Å². The summed E-state index contributed by atoms with van der Waals surface area (Å²) in [5, 5.41) is 18.4. The first-order valence-electron chi connectivity index (χ1n) is 8.23. The average Bonchev–Trinajstić information content (AvgIpc) is 3.15. The SMILES string of the molecule is C#CP(=O)(C#C)OCCCCCCN(C)c1ccc([N+](=O)[O-])c2nonc12. The number of nitro benzene ring substituents is 1. The van der Waals surface area contributed by atoms with Crippen LogP contribution in [0.1, 0.15) is 25.7 Å². The van der Waals surface area contributed by atoms with Crippen molar-refractivity contribution in [1.82, 2.24) is 10.3 Å². The summed E-state index contributed by atoms with van der Waals surface area (Å²) in [7, 11) is -1.47. The number of fused-ring (bicyclic) bond motifs is 1. The normalized spacial score (nSPS) is 11.1. The minimum absolute atomic E-state index is 0.132. The van der Waals surface area contributed by atoms with E-state index in [1.165, 1.54) is 6.07 Å². The van der Waals surface area contributed by atoms with Gasteiger partial charge in [0.25, 0.3) is 0 Å². The zero-order chi connectivity index (χ0) is 19.9. The topological polar surface area (TPSA) is 112 Å². The molecule has 0 aliphatic heterocycles. The molecule has 1 aromatic carbocycles. The smallest absolute Gasteiger partial charge is 0.344 e. The minimum Gasteiger partial charge on any atom is -0.373 e. The molecule has 2 aromatic rings. The molecule has 0 amide bonds. The Kier molecular flexibility index (Phi) is 6.95. The number of rotatable bonds is 10. The van der Waals surface area contributed by atoms with E-state index in [1.54, 1.807) is 6.07 Å². The van der Waals surface area contributed by atoms with Crippen molar-refractivity contribution in [2.24, 2.45) is 0 Å². The number of aromatic nitrogens is 2. The van der Waals surface area contributed by atoms with Gasteiger partial charge < -0.3 is 9.42 Å². The van der Waals surface area contributed by atoms with Crippen molar-refractivity contribution in [3.8, 4) is 24.2 Å². The van der Waals surface area contributed by atoms with Crippen molar-refractivity contribution in [3.05, 3.63) is 22.2 Å². The molecule has 2 rings (SSSR count). The van der Waals surface area contributed by atoms with E-state index in [2.05, 4.69) is 14.9 Å². The lowest BCUT2D eigenvalue weighted by molar-refractivity contribution is -0.383. The van der Waals surface area contributed by atoms with Crippen LogP contribution in [0, 0.1) is 34.3 Å². The second-order valence-corrected chi connectivity index (χ2v) is 7.68. The molecule has 0 unspecified atom stereocenters. The zero-order valence-electron chi connectivity index (χ0n) is 14.8. The van der Waals surface area contributed by atoms with E-state index < -0.39 is 12.3 Å². The number of hydrogen-bond acceptors (Lipinski definition) is 8. The minimum atomic E-state index is -3.34. The maximum Gasteiger partial charge on any atom is 0.344 e. The Morgan fingerprint density at radius 1 is 1.22 bits per heavy atom. The zero-order valence-corrected chi connectivity index (χ0v) is 15.7. The van der Waals surface area contributed by atoms with E-state index in [4.69, 9.17) is 17.4 Å². The molecule has 142 valence electrons. The average molecular weight is 390 g/mol. The summed E-state index contributed by atoms with van der Waals surface area (Å²) in [4.78, 5) is 12.5. The number of anilines is 1. The van der Waals surface area contributed by atoms with Crippen LogP contribution >= 0.6 is 7.37 Å². The van der Waals surface area contributed by atoms with Crippen molar-refractivity contribution in [2.75, 3.05) is 25.1 Å². The first-order chi connectivity index (χ1) is 12.9. The monoisotopic (exact) mass is 390 g/mol. The molecule has 0 saturated heterocycles. The van der Waals surface area contributed by atoms with Gasteiger partial charge in [0.1, 0.15) is 0 Å². The highest BCUT2D eigenvalue weighted by Gasteiger charge is 2.21. The van der Waals surface area contributed by atoms with E-state index in [0.717, 1.165) is 19.3 Å². The Morgan fingerprint density at radius 3 is 2.56 bits per heavy atom. The van der Waals surface area contributed by atoms with E-state index in [0.29, 0.717) is 24.2 Å². The Morgan fingerprint density at radius 2 is 1.89 bits per heavy atom. The van der Waals surface area contributed by atoms with Crippen LogP contribution in [0.5, 0.6) is 0 Å². The standard InChI is InChI=1S/C17H19N4O5P/c1-4-27(24,5-2)25-13-9-7-6-8-12-20(3)14-10-11-15(21(22)23)17-16(14)18-26-19-17/h1-2,10-11H,6-9,12-13H2,3H3. The second-order valence-electron chi connectivity index (χ2n) is 5.80. The van der Waals surface area contributed by atoms with Gasteiger partial charge in [-0.2, -0.15) is 0 Å². The molecule has 27 heavy (non-hydrogen) atoms. The number of benzene rings is 1. The quantitative estimate of drug-likeness (QED) is 0.199. The van der Waals surface area contributed by atoms with Crippen molar-refractivity contribution in [3.63, 3.8) is 0 Å². The lowest BCUT2D eigenvalue weighted by atomic mass is 10.1. The van der Waals surface area contributed by atoms with E-state index in [-0.39, 0.29) is 17.8 Å². The highest BCUT2D eigenvalue weighted by Crippen LogP contribution is 2.43. The summed E-state index contributed by atoms with van der Waals surface area (Å²) in [6.45, 7) is 0.975. The molecule has 0 aliphatic rings. The van der Waals surface area contributed by atoms with Gasteiger partial charge in [0.05, 0.1) is 17.2 Å². The summed E-state index contributed by atoms with van der Waals surface area (Å²) in [6, 6.07) is 3.03. The third kappa shape index (κ3) is 5.07. The lowest BCUT2D eigenvalue weighted by Crippen LogP contribution is -2.18. The Balaban J connectivity index is 1.80. The van der Waals surface area contributed by atoms with Gasteiger partial charge in [-0.25, -0.2) is 4.63 Å². The largest absolute Gasteiger partial charge is 0.373 e. The predicted molar refractivity (Wildman–Crippen MR) is 101 cm³/mol. The van der Waals surface area contributed by atoms with Crippen LogP contribution in [0.25, 0.3) is 11.0 Å². The van der Waals surface area contributed by atoms with Crippen LogP contribution < -0.4 is 4.90 Å². The van der Waals surface area contributed by atoms with Gasteiger partial charge in [-0.1, -0.05) is 12.8 Å². The number of unbranched alkanes of at least 4 members (excludes halogenated alkanes) is 3. The van der Waals surface area contributed by atoms with E-state index >= 15 is 0 Å². The molecule has 10 heteroatoms. The molecule has 0 saturated carbocycles. The lowest BCUT2D eigenvalue weighted by Gasteiger charge is -2.19. The first-order valence-corrected chi connectivity index (χ1v) is 9.85. The van der Waals surface area contributed by atoms with Gasteiger partial charge in [-0.15, -0.1) is 12.8 Å². The number of non-ortho nitro benzene ring substituents is 1. The highest BCUT2D eigenvalue weighted by molar-refractivity contribution is 7.69. The summed E-state index contributed by atoms with van der Waals surface area (Å²) in [6.07, 6.45) is 13.5. The molecule has 0 fully saturated rings. The van der Waals surface area contributed by atoms with Crippen LogP contribution in [-0.4, -0.2) is 35.4 Å². The summed E-state index contributed by atoms with van der Waals surface area (Å²) < 4.78 is 21.4. The van der Waals surface area contributed by atoms with Gasteiger partial charge in [-0.05, 0) is 40.5 Å². The Hall–Kier alpha value is -2.87. The third-order valence-electron chi connectivity index (χ3n) is 3.98. The van der Waals surface area contributed by atoms with E-state index in [9.17, 15) is 14.7 Å². The van der Waals surface area contributed by atoms with Crippen molar-refractivity contribution < 1.29 is 18.6 Å². The van der Waals surface area contributed by atoms with Crippen LogP contribution in [0.4, 0.5) is 11.4 Å². The van der Waals surface area contributed by atoms with Crippen LogP contribution in [0.3, 0.4) is 0 Å². The van der Waals surface area contributed by atoms with Crippen molar-refractivity contribution in [2.45, 2.75) is 25.7 Å². The predicted octanol–water partition coefficient (Wildman–Crippen LogP) is 3.60. The Labute approximate surface area is 156 Å². The molecule has 0 radical (unpaired) electrons. The van der Waals surface area contributed by atoms with Crippen LogP contribution in [0.15, 0.2) is 16.8 Å². The fraction of sp³-hybridized carbons (Fsp3) is 0.412. The van der Waals surface area contributed by atoms with Crippen molar-refractivity contribution >= 4 is 29.8 Å². The first kappa shape index (κ1) is 20.4. The second kappa shape index (κ2) is 9.18. The molecule has 0 atom stereocenters. The van der Waals surface area contributed by atoms with Crippen molar-refractivity contribution in [1.29, 1.82) is 0 Å². The number of nitro groups is 1. The van der Waals surface area contributed by atoms with Gasteiger partial charge in [0.15, 0.2) is 5.52 Å². The van der Waals surface area contributed by atoms with Gasteiger partial charge in [0, 0.05) is 19.7 Å². The molecule has 0 N–H and O–H groups in total. The fourth-order valence-corrected chi connectivity index (χ4v) is 3.14. The Bertz CT molecular complexity index is 925. The number of terminal acetylenes is 2. The molecule has 9 nitrogen and oxygen atoms in total. The molecule has 0 bridgehead atoms. The summed E-state index contributed by atoms with van der Waals surface area (Å²) in [5.74, 6) is 0. The number of nitrogens with zero attached hydrogens (tertiary/aromatic N) is 4. The van der Waals surface area contributed by atoms with Crippen LogP contribution in [-0.2, 0) is 9.09 Å². The molecular formula is C17H19N4O5P. The molecule has 0 aliphatic carbocycles. The van der Waals surface area contributed by atoms with Crippen LogP contribution in [0.2, 0.25) is 0 Å². The molecule has 1 heterocycles. The maximum atomic E-state index is 11.7. The third-order valence-corrected chi connectivity index (χ3v) is 5.21.